The van der Waals surface area contributed by atoms with Crippen molar-refractivity contribution in [3.63, 3.8) is 0 Å². The summed E-state index contributed by atoms with van der Waals surface area (Å²) < 4.78 is 14.7. The zero-order valence-electron chi connectivity index (χ0n) is 12.5. The molecule has 0 aliphatic heterocycles. The summed E-state index contributed by atoms with van der Waals surface area (Å²) >= 11 is 0. The van der Waals surface area contributed by atoms with Crippen LogP contribution in [0.25, 0.3) is 0 Å². The van der Waals surface area contributed by atoms with E-state index in [1.54, 1.807) is 0 Å². The van der Waals surface area contributed by atoms with Crippen LogP contribution >= 0.6 is 0 Å². The molecule has 126 valence electrons. The van der Waals surface area contributed by atoms with Crippen molar-refractivity contribution in [2.24, 2.45) is 17.2 Å². The van der Waals surface area contributed by atoms with E-state index in [4.69, 9.17) is 31.4 Å². The molecule has 6 N–H and O–H groups in total. The fraction of sp³-hybridized carbons (Fsp3) is 0. The maximum atomic E-state index is 11.6. The second-order valence-corrected chi connectivity index (χ2v) is 4.35. The van der Waals surface area contributed by atoms with Crippen LogP contribution in [-0.4, -0.2) is 17.9 Å². The number of nitrogens with two attached hydrogens (primary N) is 3. The van der Waals surface area contributed by atoms with Crippen molar-refractivity contribution in [3.05, 3.63) is 55.0 Å². The minimum Gasteiger partial charge on any atom is -0.422 e. The summed E-state index contributed by atoms with van der Waals surface area (Å²) in [5.41, 5.74) is 14.5. The molecule has 0 unspecified atom stereocenters. The van der Waals surface area contributed by atoms with Gasteiger partial charge in [-0.2, -0.15) is 0 Å². The van der Waals surface area contributed by atoms with E-state index in [1.165, 1.54) is 12.1 Å². The molecule has 9 nitrogen and oxygen atoms in total. The largest absolute Gasteiger partial charge is 0.422 e. The van der Waals surface area contributed by atoms with Gasteiger partial charge in [-0.05, 0) is 12.1 Å². The number of esters is 3. The summed E-state index contributed by atoms with van der Waals surface area (Å²) in [4.78, 5) is 34.5. The Kier molecular flexibility index (Phi) is 5.71. The molecule has 0 aliphatic rings. The first kappa shape index (κ1) is 18.3. The van der Waals surface area contributed by atoms with Gasteiger partial charge in [0.25, 0.3) is 0 Å². The first-order valence-corrected chi connectivity index (χ1v) is 6.25. The van der Waals surface area contributed by atoms with Crippen molar-refractivity contribution < 1.29 is 28.6 Å². The Morgan fingerprint density at radius 2 is 1.12 bits per heavy atom. The van der Waals surface area contributed by atoms with Crippen LogP contribution in [0.3, 0.4) is 0 Å². The molecule has 0 spiro atoms. The Morgan fingerprint density at radius 3 is 1.58 bits per heavy atom. The van der Waals surface area contributed by atoms with E-state index in [9.17, 15) is 14.4 Å². The van der Waals surface area contributed by atoms with Gasteiger partial charge < -0.3 is 31.4 Å². The van der Waals surface area contributed by atoms with Crippen LogP contribution in [-0.2, 0) is 14.4 Å². The van der Waals surface area contributed by atoms with Gasteiger partial charge in [-0.15, -0.1) is 0 Å². The predicted octanol–water partition coefficient (Wildman–Crippen LogP) is -0.180. The molecule has 1 rings (SSSR count). The summed E-state index contributed by atoms with van der Waals surface area (Å²) in [5, 5.41) is 0. The van der Waals surface area contributed by atoms with Crippen molar-refractivity contribution in [2.45, 2.75) is 0 Å². The third-order valence-corrected chi connectivity index (χ3v) is 2.32. The van der Waals surface area contributed by atoms with E-state index in [1.807, 2.05) is 0 Å². The SMILES string of the molecule is C=C(N)C(=O)Oc1ccc(OC(=O)C(=C)N)c(OC(=O)C(=C)N)c1. The van der Waals surface area contributed by atoms with Crippen LogP contribution in [0.5, 0.6) is 17.2 Å². The van der Waals surface area contributed by atoms with Gasteiger partial charge in [0.15, 0.2) is 11.5 Å². The summed E-state index contributed by atoms with van der Waals surface area (Å²) in [6.45, 7) is 9.65. The standard InChI is InChI=1S/C15H15N3O6/c1-7(16)13(19)22-10-4-5-11(23-14(20)8(2)17)12(6-10)24-15(21)9(3)18/h4-6H,1-3,16-18H2. The van der Waals surface area contributed by atoms with E-state index in [-0.39, 0.29) is 28.6 Å². The average Bonchev–Trinajstić information content (AvgIpc) is 2.49. The van der Waals surface area contributed by atoms with E-state index < -0.39 is 23.6 Å². The van der Waals surface area contributed by atoms with E-state index >= 15 is 0 Å². The predicted molar refractivity (Wildman–Crippen MR) is 83.3 cm³/mol. The van der Waals surface area contributed by atoms with Crippen molar-refractivity contribution in [3.8, 4) is 17.2 Å². The number of ether oxygens (including phenoxy) is 3. The molecule has 0 amide bonds. The summed E-state index contributed by atoms with van der Waals surface area (Å²) in [6.07, 6.45) is 0. The van der Waals surface area contributed by atoms with Gasteiger partial charge >= 0.3 is 17.9 Å². The molecule has 1 aromatic rings. The number of carbonyl (C=O) groups excluding carboxylic acids is 3. The molecule has 9 heteroatoms. The molecule has 0 saturated carbocycles. The van der Waals surface area contributed by atoms with E-state index in [0.717, 1.165) is 6.07 Å². The van der Waals surface area contributed by atoms with Crippen molar-refractivity contribution in [1.82, 2.24) is 0 Å². The third-order valence-electron chi connectivity index (χ3n) is 2.32. The Bertz CT molecular complexity index is 754. The van der Waals surface area contributed by atoms with Crippen molar-refractivity contribution in [1.29, 1.82) is 0 Å². The molecular weight excluding hydrogens is 318 g/mol. The third kappa shape index (κ3) is 4.91. The highest BCUT2D eigenvalue weighted by atomic mass is 16.6. The minimum atomic E-state index is -0.995. The van der Waals surface area contributed by atoms with Crippen LogP contribution in [0.2, 0.25) is 0 Å². The highest BCUT2D eigenvalue weighted by Crippen LogP contribution is 2.32. The molecule has 0 bridgehead atoms. The van der Waals surface area contributed by atoms with Crippen LogP contribution in [0.1, 0.15) is 0 Å². The average molecular weight is 333 g/mol. The smallest absolute Gasteiger partial charge is 0.359 e. The maximum absolute atomic E-state index is 11.6. The molecule has 0 radical (unpaired) electrons. The van der Waals surface area contributed by atoms with Gasteiger partial charge in [-0.3, -0.25) is 0 Å². The van der Waals surface area contributed by atoms with Gasteiger partial charge in [0, 0.05) is 6.07 Å². The first-order valence-electron chi connectivity index (χ1n) is 6.25. The van der Waals surface area contributed by atoms with E-state index in [2.05, 4.69) is 19.7 Å². The van der Waals surface area contributed by atoms with Gasteiger partial charge in [0.05, 0.1) is 0 Å². The lowest BCUT2D eigenvalue weighted by Crippen LogP contribution is -2.20. The van der Waals surface area contributed by atoms with Crippen LogP contribution in [0, 0.1) is 0 Å². The zero-order valence-corrected chi connectivity index (χ0v) is 12.5. The second-order valence-electron chi connectivity index (χ2n) is 4.35. The molecule has 0 aliphatic carbocycles. The molecule has 24 heavy (non-hydrogen) atoms. The van der Waals surface area contributed by atoms with Crippen LogP contribution < -0.4 is 31.4 Å². The summed E-state index contributed by atoms with van der Waals surface area (Å²) in [6, 6.07) is 3.56. The monoisotopic (exact) mass is 333 g/mol. The summed E-state index contributed by atoms with van der Waals surface area (Å²) in [5.74, 6) is -3.37. The molecule has 0 atom stereocenters. The fourth-order valence-electron chi connectivity index (χ4n) is 1.22. The maximum Gasteiger partial charge on any atom is 0.359 e. The molecule has 0 aromatic heterocycles. The zero-order chi connectivity index (χ0) is 18.4. The number of benzene rings is 1. The topological polar surface area (TPSA) is 157 Å². The lowest BCUT2D eigenvalue weighted by molar-refractivity contribution is -0.133. The molecule has 0 heterocycles. The fourth-order valence-corrected chi connectivity index (χ4v) is 1.22. The number of carbonyl (C=O) groups is 3. The van der Waals surface area contributed by atoms with Gasteiger partial charge in [-0.25, -0.2) is 14.4 Å². The van der Waals surface area contributed by atoms with Crippen LogP contribution in [0.15, 0.2) is 55.0 Å². The molecule has 0 fully saturated rings. The number of hydrogen-bond donors (Lipinski definition) is 3. The molecule has 1 aromatic carbocycles. The minimum absolute atomic E-state index is 0.0524. The molecule has 0 saturated heterocycles. The van der Waals surface area contributed by atoms with Gasteiger partial charge in [-0.1, -0.05) is 19.7 Å². The van der Waals surface area contributed by atoms with Crippen molar-refractivity contribution in [2.75, 3.05) is 0 Å². The first-order chi connectivity index (χ1) is 11.1. The van der Waals surface area contributed by atoms with E-state index in [0.29, 0.717) is 0 Å². The van der Waals surface area contributed by atoms with Crippen molar-refractivity contribution >= 4 is 17.9 Å². The highest BCUT2D eigenvalue weighted by molar-refractivity contribution is 5.91. The molecular formula is C15H15N3O6. The number of hydrogen-bond acceptors (Lipinski definition) is 9. The number of rotatable bonds is 6. The lowest BCUT2D eigenvalue weighted by Gasteiger charge is -2.12. The normalized spacial score (nSPS) is 9.50. The quantitative estimate of drug-likeness (QED) is 0.365. The lowest BCUT2D eigenvalue weighted by atomic mass is 10.3. The van der Waals surface area contributed by atoms with Gasteiger partial charge in [0.1, 0.15) is 22.8 Å². The Morgan fingerprint density at radius 1 is 0.708 bits per heavy atom. The second kappa shape index (κ2) is 7.49. The highest BCUT2D eigenvalue weighted by Gasteiger charge is 2.18. The van der Waals surface area contributed by atoms with Crippen LogP contribution in [0.4, 0.5) is 0 Å². The van der Waals surface area contributed by atoms with Gasteiger partial charge in [0.2, 0.25) is 0 Å². The Labute approximate surface area is 136 Å². The Hall–Kier alpha value is -3.75. The summed E-state index contributed by atoms with van der Waals surface area (Å²) in [7, 11) is 0. The Balaban J connectivity index is 3.18.